The first-order valence-electron chi connectivity index (χ1n) is 7.21. The first kappa shape index (κ1) is 17.7. The molecule has 1 aromatic heterocycles. The molecule has 1 aromatic carbocycles. The summed E-state index contributed by atoms with van der Waals surface area (Å²) in [6, 6.07) is 9.51. The van der Waals surface area contributed by atoms with Crippen molar-refractivity contribution in [1.82, 2.24) is 20.4 Å². The number of aromatic nitrogens is 2. The van der Waals surface area contributed by atoms with Gasteiger partial charge in [0, 0.05) is 23.8 Å². The number of nitrogens with one attached hydrogen (secondary N) is 2. The van der Waals surface area contributed by atoms with Gasteiger partial charge in [0.05, 0.1) is 5.69 Å². The summed E-state index contributed by atoms with van der Waals surface area (Å²) in [6.45, 7) is 2.44. The maximum absolute atomic E-state index is 12.2. The summed E-state index contributed by atoms with van der Waals surface area (Å²) in [5.41, 5.74) is 2.60. The van der Waals surface area contributed by atoms with Crippen molar-refractivity contribution in [1.29, 1.82) is 0 Å². The predicted molar refractivity (Wildman–Crippen MR) is 96.4 cm³/mol. The molecule has 1 aliphatic heterocycles. The lowest BCUT2D eigenvalue weighted by molar-refractivity contribution is 0.0951. The summed E-state index contributed by atoms with van der Waals surface area (Å²) >= 11 is 3.43. The Bertz CT molecular complexity index is 714. The summed E-state index contributed by atoms with van der Waals surface area (Å²) < 4.78 is 2.67. The van der Waals surface area contributed by atoms with Gasteiger partial charge in [-0.1, -0.05) is 33.6 Å². The molecule has 2 aromatic rings. The van der Waals surface area contributed by atoms with Crippen LogP contribution in [0.3, 0.4) is 0 Å². The summed E-state index contributed by atoms with van der Waals surface area (Å²) in [4.78, 5) is 12.2. The van der Waals surface area contributed by atoms with E-state index in [9.17, 15) is 4.79 Å². The smallest absolute Gasteiger partial charge is 0.272 e. The predicted octanol–water partition coefficient (Wildman–Crippen LogP) is 2.71. The summed E-state index contributed by atoms with van der Waals surface area (Å²) in [5.74, 6) is -0.145. The zero-order valence-corrected chi connectivity index (χ0v) is 14.9. The summed E-state index contributed by atoms with van der Waals surface area (Å²) in [6.07, 6.45) is 4.90. The third kappa shape index (κ3) is 4.67. The van der Waals surface area contributed by atoms with Crippen LogP contribution in [0.25, 0.3) is 5.69 Å². The minimum Gasteiger partial charge on any atom is -0.347 e. The molecule has 2 N–H and O–H groups in total. The maximum Gasteiger partial charge on any atom is 0.272 e. The average molecular weight is 398 g/mol. The Labute approximate surface area is 149 Å². The second kappa shape index (κ2) is 8.29. The van der Waals surface area contributed by atoms with E-state index in [4.69, 9.17) is 0 Å². The van der Waals surface area contributed by atoms with Crippen molar-refractivity contribution >= 4 is 34.2 Å². The molecule has 0 atom stereocenters. The molecule has 7 heteroatoms. The van der Waals surface area contributed by atoms with Crippen molar-refractivity contribution in [3.63, 3.8) is 0 Å². The van der Waals surface area contributed by atoms with Crippen LogP contribution in [0.4, 0.5) is 0 Å². The second-order valence-corrected chi connectivity index (χ2v) is 6.04. The molecule has 0 saturated carbocycles. The Morgan fingerprint density at radius 2 is 2.26 bits per heavy atom. The summed E-state index contributed by atoms with van der Waals surface area (Å²) in [7, 11) is 0. The molecule has 5 nitrogen and oxygen atoms in total. The van der Waals surface area contributed by atoms with E-state index in [1.54, 1.807) is 16.9 Å². The van der Waals surface area contributed by atoms with E-state index in [2.05, 4.69) is 37.7 Å². The van der Waals surface area contributed by atoms with Crippen molar-refractivity contribution in [2.24, 2.45) is 0 Å². The normalized spacial score (nSPS) is 13.9. The minimum absolute atomic E-state index is 0. The zero-order valence-electron chi connectivity index (χ0n) is 12.5. The first-order chi connectivity index (χ1) is 10.7. The Balaban J connectivity index is 0.00000192. The van der Waals surface area contributed by atoms with E-state index in [1.807, 2.05) is 24.3 Å². The van der Waals surface area contributed by atoms with Crippen LogP contribution in [0.2, 0.25) is 0 Å². The lowest BCUT2D eigenvalue weighted by Crippen LogP contribution is -2.29. The molecule has 122 valence electrons. The fourth-order valence-corrected chi connectivity index (χ4v) is 2.71. The number of halogens is 2. The number of benzene rings is 1. The Morgan fingerprint density at radius 1 is 1.39 bits per heavy atom. The fraction of sp³-hybridized carbons (Fsp3) is 0.250. The van der Waals surface area contributed by atoms with Crippen LogP contribution in [-0.4, -0.2) is 35.3 Å². The quantitative estimate of drug-likeness (QED) is 0.780. The SMILES string of the molecule is Cl.O=C(NCC1=CCNCC1)c1ccn(-c2cccc(Br)c2)n1. The third-order valence-corrected chi connectivity index (χ3v) is 4.02. The van der Waals surface area contributed by atoms with Crippen LogP contribution >= 0.6 is 28.3 Å². The molecule has 0 radical (unpaired) electrons. The molecule has 0 fully saturated rings. The van der Waals surface area contributed by atoms with Crippen LogP contribution in [0.15, 0.2) is 52.7 Å². The molecular weight excluding hydrogens is 380 g/mol. The topological polar surface area (TPSA) is 59.0 Å². The lowest BCUT2D eigenvalue weighted by atomic mass is 10.1. The van der Waals surface area contributed by atoms with Gasteiger partial charge in [0.1, 0.15) is 0 Å². The van der Waals surface area contributed by atoms with Gasteiger partial charge in [0.2, 0.25) is 0 Å². The molecule has 0 bridgehead atoms. The van der Waals surface area contributed by atoms with E-state index in [0.717, 1.165) is 29.7 Å². The number of nitrogens with zero attached hydrogens (tertiary/aromatic N) is 2. The molecule has 1 aliphatic rings. The standard InChI is InChI=1S/C16H17BrN4O.ClH/c17-13-2-1-3-14(10-13)21-9-6-15(20-21)16(22)19-11-12-4-7-18-8-5-12;/h1-4,6,9-10,18H,5,7-8,11H2,(H,19,22);1H. The Morgan fingerprint density at radius 3 is 3.00 bits per heavy atom. The van der Waals surface area contributed by atoms with E-state index in [1.165, 1.54) is 5.57 Å². The van der Waals surface area contributed by atoms with Gasteiger partial charge in [-0.2, -0.15) is 5.10 Å². The molecule has 0 spiro atoms. The van der Waals surface area contributed by atoms with Gasteiger partial charge in [-0.3, -0.25) is 4.79 Å². The van der Waals surface area contributed by atoms with E-state index in [0.29, 0.717) is 12.2 Å². The highest BCUT2D eigenvalue weighted by molar-refractivity contribution is 9.10. The number of hydrogen-bond donors (Lipinski definition) is 2. The largest absolute Gasteiger partial charge is 0.347 e. The van der Waals surface area contributed by atoms with Gasteiger partial charge in [-0.25, -0.2) is 4.68 Å². The summed E-state index contributed by atoms with van der Waals surface area (Å²) in [5, 5.41) is 10.5. The van der Waals surface area contributed by atoms with Crippen LogP contribution in [0.1, 0.15) is 16.9 Å². The maximum atomic E-state index is 12.2. The number of carbonyl (C=O) groups is 1. The number of hydrogen-bond acceptors (Lipinski definition) is 3. The highest BCUT2D eigenvalue weighted by atomic mass is 79.9. The molecule has 3 rings (SSSR count). The monoisotopic (exact) mass is 396 g/mol. The van der Waals surface area contributed by atoms with Gasteiger partial charge < -0.3 is 10.6 Å². The van der Waals surface area contributed by atoms with Gasteiger partial charge in [0.15, 0.2) is 5.69 Å². The van der Waals surface area contributed by atoms with E-state index >= 15 is 0 Å². The van der Waals surface area contributed by atoms with Crippen molar-refractivity contribution in [3.05, 3.63) is 58.3 Å². The second-order valence-electron chi connectivity index (χ2n) is 5.12. The fourth-order valence-electron chi connectivity index (χ4n) is 2.32. The van der Waals surface area contributed by atoms with Crippen molar-refractivity contribution in [2.75, 3.05) is 19.6 Å². The van der Waals surface area contributed by atoms with E-state index < -0.39 is 0 Å². The highest BCUT2D eigenvalue weighted by Gasteiger charge is 2.11. The first-order valence-corrected chi connectivity index (χ1v) is 8.00. The van der Waals surface area contributed by atoms with Crippen molar-refractivity contribution < 1.29 is 4.79 Å². The van der Waals surface area contributed by atoms with Crippen molar-refractivity contribution in [3.8, 4) is 5.69 Å². The molecule has 0 unspecified atom stereocenters. The van der Waals surface area contributed by atoms with Gasteiger partial charge in [-0.05, 0) is 37.2 Å². The molecule has 0 saturated heterocycles. The van der Waals surface area contributed by atoms with E-state index in [-0.39, 0.29) is 18.3 Å². The Hall–Kier alpha value is -1.63. The number of carbonyl (C=O) groups excluding carboxylic acids is 1. The van der Waals surface area contributed by atoms with Crippen LogP contribution < -0.4 is 10.6 Å². The molecule has 0 aliphatic carbocycles. The van der Waals surface area contributed by atoms with Crippen molar-refractivity contribution in [2.45, 2.75) is 6.42 Å². The van der Waals surface area contributed by atoms with Crippen LogP contribution in [0.5, 0.6) is 0 Å². The third-order valence-electron chi connectivity index (χ3n) is 3.53. The molecule has 1 amide bonds. The number of rotatable bonds is 4. The van der Waals surface area contributed by atoms with Crippen LogP contribution in [0, 0.1) is 0 Å². The zero-order chi connectivity index (χ0) is 15.4. The lowest BCUT2D eigenvalue weighted by Gasteiger charge is -2.14. The van der Waals surface area contributed by atoms with Gasteiger partial charge in [-0.15, -0.1) is 12.4 Å². The molecule has 2 heterocycles. The van der Waals surface area contributed by atoms with Gasteiger partial charge in [0.25, 0.3) is 5.91 Å². The van der Waals surface area contributed by atoms with Gasteiger partial charge >= 0.3 is 0 Å². The average Bonchev–Trinajstić information content (AvgIpc) is 3.04. The van der Waals surface area contributed by atoms with Crippen LogP contribution in [-0.2, 0) is 0 Å². The molecular formula is C16H18BrClN4O. The highest BCUT2D eigenvalue weighted by Crippen LogP contribution is 2.15. The molecule has 23 heavy (non-hydrogen) atoms. The Kier molecular flexibility index (Phi) is 6.38. The number of amides is 1. The minimum atomic E-state index is -0.145.